The SMILES string of the molecule is CCn1cc(C(=O)Nc2nc(-c3ccc(C)cc3C)cs2)c(=O)c2ccc(C)nc21. The minimum Gasteiger partial charge on any atom is -0.332 e. The molecule has 3 heterocycles. The van der Waals surface area contributed by atoms with Gasteiger partial charge in [0.25, 0.3) is 5.91 Å². The number of rotatable bonds is 4. The van der Waals surface area contributed by atoms with Crippen molar-refractivity contribution in [1.29, 1.82) is 0 Å². The van der Waals surface area contributed by atoms with Gasteiger partial charge in [-0.05, 0) is 45.4 Å². The van der Waals surface area contributed by atoms with Crippen molar-refractivity contribution >= 4 is 33.4 Å². The van der Waals surface area contributed by atoms with Gasteiger partial charge >= 0.3 is 0 Å². The van der Waals surface area contributed by atoms with Gasteiger partial charge in [0.15, 0.2) is 5.13 Å². The molecule has 0 unspecified atom stereocenters. The van der Waals surface area contributed by atoms with Crippen LogP contribution in [0, 0.1) is 20.8 Å². The molecular formula is C23H22N4O2S. The Balaban J connectivity index is 1.67. The molecule has 0 saturated heterocycles. The van der Waals surface area contributed by atoms with Crippen LogP contribution in [0.2, 0.25) is 0 Å². The van der Waals surface area contributed by atoms with E-state index in [1.807, 2.05) is 49.8 Å². The van der Waals surface area contributed by atoms with Crippen LogP contribution in [0.1, 0.15) is 34.1 Å². The molecule has 6 nitrogen and oxygen atoms in total. The van der Waals surface area contributed by atoms with Gasteiger partial charge in [-0.3, -0.25) is 14.9 Å². The van der Waals surface area contributed by atoms with Gasteiger partial charge in [0.1, 0.15) is 11.2 Å². The van der Waals surface area contributed by atoms with Crippen molar-refractivity contribution in [3.63, 3.8) is 0 Å². The second-order valence-corrected chi connectivity index (χ2v) is 8.15. The molecule has 3 aromatic heterocycles. The first kappa shape index (κ1) is 20.0. The largest absolute Gasteiger partial charge is 0.332 e. The van der Waals surface area contributed by atoms with E-state index >= 15 is 0 Å². The minimum absolute atomic E-state index is 0.0817. The molecule has 152 valence electrons. The van der Waals surface area contributed by atoms with Crippen LogP contribution in [0.3, 0.4) is 0 Å². The first-order valence-electron chi connectivity index (χ1n) is 9.72. The number of carbonyl (C=O) groups is 1. The summed E-state index contributed by atoms with van der Waals surface area (Å²) in [6, 6.07) is 9.68. The summed E-state index contributed by atoms with van der Waals surface area (Å²) in [5.74, 6) is -0.466. The van der Waals surface area contributed by atoms with Crippen molar-refractivity contribution < 1.29 is 4.79 Å². The van der Waals surface area contributed by atoms with Crippen molar-refractivity contribution in [3.05, 3.63) is 74.5 Å². The normalized spacial score (nSPS) is 11.1. The number of hydrogen-bond acceptors (Lipinski definition) is 5. The maximum absolute atomic E-state index is 12.9. The highest BCUT2D eigenvalue weighted by Gasteiger charge is 2.18. The van der Waals surface area contributed by atoms with Crippen LogP contribution in [0.25, 0.3) is 22.3 Å². The molecule has 1 amide bonds. The summed E-state index contributed by atoms with van der Waals surface area (Å²) in [7, 11) is 0. The third-order valence-corrected chi connectivity index (χ3v) is 5.79. The van der Waals surface area contributed by atoms with Crippen molar-refractivity contribution in [2.75, 3.05) is 5.32 Å². The van der Waals surface area contributed by atoms with Crippen LogP contribution in [-0.2, 0) is 6.54 Å². The van der Waals surface area contributed by atoms with Gasteiger partial charge in [0, 0.05) is 29.4 Å². The Morgan fingerprint density at radius 2 is 1.93 bits per heavy atom. The van der Waals surface area contributed by atoms with Gasteiger partial charge in [-0.2, -0.15) is 0 Å². The molecule has 0 saturated carbocycles. The lowest BCUT2D eigenvalue weighted by Crippen LogP contribution is -2.24. The number of thiazole rings is 1. The zero-order valence-corrected chi connectivity index (χ0v) is 18.1. The summed E-state index contributed by atoms with van der Waals surface area (Å²) in [4.78, 5) is 34.8. The van der Waals surface area contributed by atoms with Gasteiger partial charge in [-0.1, -0.05) is 23.8 Å². The maximum atomic E-state index is 12.9. The van der Waals surface area contributed by atoms with Crippen molar-refractivity contribution in [2.24, 2.45) is 0 Å². The van der Waals surface area contributed by atoms with Crippen molar-refractivity contribution in [3.8, 4) is 11.3 Å². The molecule has 7 heteroatoms. The van der Waals surface area contributed by atoms with E-state index in [9.17, 15) is 9.59 Å². The summed E-state index contributed by atoms with van der Waals surface area (Å²) in [6.07, 6.45) is 1.57. The third kappa shape index (κ3) is 3.64. The Labute approximate surface area is 178 Å². The predicted molar refractivity (Wildman–Crippen MR) is 121 cm³/mol. The number of hydrogen-bond donors (Lipinski definition) is 1. The third-order valence-electron chi connectivity index (χ3n) is 5.03. The summed E-state index contributed by atoms with van der Waals surface area (Å²) >= 11 is 1.34. The molecule has 0 aliphatic rings. The number of anilines is 1. The minimum atomic E-state index is -0.466. The van der Waals surface area contributed by atoms with Crippen LogP contribution in [-0.4, -0.2) is 20.4 Å². The second-order valence-electron chi connectivity index (χ2n) is 7.29. The topological polar surface area (TPSA) is 76.9 Å². The molecule has 0 atom stereocenters. The maximum Gasteiger partial charge on any atom is 0.262 e. The van der Waals surface area contributed by atoms with E-state index in [2.05, 4.69) is 21.4 Å². The second kappa shape index (κ2) is 7.84. The van der Waals surface area contributed by atoms with E-state index in [0.29, 0.717) is 22.7 Å². The Morgan fingerprint density at radius 1 is 1.13 bits per heavy atom. The average molecular weight is 419 g/mol. The molecule has 30 heavy (non-hydrogen) atoms. The van der Waals surface area contributed by atoms with Gasteiger partial charge < -0.3 is 4.57 Å². The van der Waals surface area contributed by atoms with Crippen LogP contribution in [0.5, 0.6) is 0 Å². The quantitative estimate of drug-likeness (QED) is 0.520. The molecule has 0 aliphatic carbocycles. The zero-order valence-electron chi connectivity index (χ0n) is 17.3. The number of aromatic nitrogens is 3. The molecular weight excluding hydrogens is 396 g/mol. The Bertz CT molecular complexity index is 1340. The summed E-state index contributed by atoms with van der Waals surface area (Å²) in [5.41, 5.74) is 5.31. The molecule has 1 N–H and O–H groups in total. The van der Waals surface area contributed by atoms with E-state index < -0.39 is 5.91 Å². The molecule has 4 rings (SSSR count). The summed E-state index contributed by atoms with van der Waals surface area (Å²) in [6.45, 7) is 8.51. The number of pyridine rings is 2. The highest BCUT2D eigenvalue weighted by Crippen LogP contribution is 2.28. The number of carbonyl (C=O) groups excluding carboxylic acids is 1. The Kier molecular flexibility index (Phi) is 5.22. The van der Waals surface area contributed by atoms with E-state index in [-0.39, 0.29) is 11.0 Å². The van der Waals surface area contributed by atoms with Crippen molar-refractivity contribution in [2.45, 2.75) is 34.2 Å². The molecule has 4 aromatic rings. The zero-order chi connectivity index (χ0) is 21.4. The highest BCUT2D eigenvalue weighted by molar-refractivity contribution is 7.14. The number of nitrogens with one attached hydrogen (secondary N) is 1. The molecule has 0 radical (unpaired) electrons. The molecule has 0 spiro atoms. The smallest absolute Gasteiger partial charge is 0.262 e. The fourth-order valence-electron chi connectivity index (χ4n) is 3.48. The summed E-state index contributed by atoms with van der Waals surface area (Å²) < 4.78 is 1.82. The van der Waals surface area contributed by atoms with E-state index in [1.165, 1.54) is 16.9 Å². The molecule has 0 aliphatic heterocycles. The molecule has 1 aromatic carbocycles. The average Bonchev–Trinajstić information content (AvgIpc) is 3.16. The predicted octanol–water partition coefficient (Wildman–Crippen LogP) is 4.72. The first-order valence-corrected chi connectivity index (χ1v) is 10.6. The van der Waals surface area contributed by atoms with Gasteiger partial charge in [-0.15, -0.1) is 11.3 Å². The molecule has 0 bridgehead atoms. The number of nitrogens with zero attached hydrogens (tertiary/aromatic N) is 3. The molecule has 0 fully saturated rings. The first-order chi connectivity index (χ1) is 14.4. The van der Waals surface area contributed by atoms with Crippen LogP contribution < -0.4 is 10.7 Å². The van der Waals surface area contributed by atoms with Gasteiger partial charge in [-0.25, -0.2) is 9.97 Å². The lowest BCUT2D eigenvalue weighted by molar-refractivity contribution is 0.102. The summed E-state index contributed by atoms with van der Waals surface area (Å²) in [5, 5.41) is 5.58. The Hall–Kier alpha value is -3.32. The van der Waals surface area contributed by atoms with Gasteiger partial charge in [0.05, 0.1) is 11.1 Å². The van der Waals surface area contributed by atoms with Crippen molar-refractivity contribution in [1.82, 2.24) is 14.5 Å². The fourth-order valence-corrected chi connectivity index (χ4v) is 4.19. The van der Waals surface area contributed by atoms with Crippen LogP contribution in [0.15, 0.2) is 46.7 Å². The standard InChI is InChI=1S/C23H22N4O2S/c1-5-27-11-18(20(28)17-9-7-15(4)24-21(17)27)22(29)26-23-25-19(12-30-23)16-8-6-13(2)10-14(16)3/h6-12H,5H2,1-4H3,(H,25,26,29). The number of amides is 1. The highest BCUT2D eigenvalue weighted by atomic mass is 32.1. The monoisotopic (exact) mass is 418 g/mol. The fraction of sp³-hybridized carbons (Fsp3) is 0.217. The van der Waals surface area contributed by atoms with Crippen LogP contribution >= 0.6 is 11.3 Å². The lowest BCUT2D eigenvalue weighted by Gasteiger charge is -2.11. The van der Waals surface area contributed by atoms with E-state index in [0.717, 1.165) is 22.5 Å². The number of fused-ring (bicyclic) bond motifs is 1. The van der Waals surface area contributed by atoms with Gasteiger partial charge in [0.2, 0.25) is 5.43 Å². The van der Waals surface area contributed by atoms with E-state index in [4.69, 9.17) is 0 Å². The number of benzene rings is 1. The Morgan fingerprint density at radius 3 is 2.67 bits per heavy atom. The van der Waals surface area contributed by atoms with E-state index in [1.54, 1.807) is 18.3 Å². The number of aryl methyl sites for hydroxylation is 4. The lowest BCUT2D eigenvalue weighted by atomic mass is 10.0. The van der Waals surface area contributed by atoms with Crippen LogP contribution in [0.4, 0.5) is 5.13 Å².